The first-order valence-corrected chi connectivity index (χ1v) is 10.1. The summed E-state index contributed by atoms with van der Waals surface area (Å²) in [5, 5.41) is 17.2. The fourth-order valence-corrected chi connectivity index (χ4v) is 3.04. The lowest BCUT2D eigenvalue weighted by Gasteiger charge is -2.10. The summed E-state index contributed by atoms with van der Waals surface area (Å²) in [4.78, 5) is 29.0. The van der Waals surface area contributed by atoms with Crippen LogP contribution in [0.3, 0.4) is 0 Å². The number of ether oxygens (including phenoxy) is 1. The van der Waals surface area contributed by atoms with Gasteiger partial charge in [-0.2, -0.15) is 32.8 Å². The van der Waals surface area contributed by atoms with Crippen LogP contribution >= 0.6 is 0 Å². The third-order valence-electron chi connectivity index (χ3n) is 4.55. The van der Waals surface area contributed by atoms with Crippen LogP contribution in [-0.2, 0) is 10.9 Å². The zero-order valence-electron chi connectivity index (χ0n) is 17.7. The number of aromatic hydroxyl groups is 1. The van der Waals surface area contributed by atoms with E-state index in [2.05, 4.69) is 35.3 Å². The van der Waals surface area contributed by atoms with E-state index in [1.807, 2.05) is 6.92 Å². The van der Waals surface area contributed by atoms with Crippen molar-refractivity contribution in [2.75, 3.05) is 25.1 Å². The van der Waals surface area contributed by atoms with E-state index >= 15 is 0 Å². The maximum Gasteiger partial charge on any atom is 0.416 e. The fourth-order valence-electron chi connectivity index (χ4n) is 3.04. The summed E-state index contributed by atoms with van der Waals surface area (Å²) in [5.74, 6) is -0.397. The molecule has 0 bridgehead atoms. The molecule has 0 amide bonds. The largest absolute Gasteiger partial charge is 0.493 e. The molecule has 0 fully saturated rings. The molecule has 0 aliphatic carbocycles. The van der Waals surface area contributed by atoms with Gasteiger partial charge in [-0.05, 0) is 31.2 Å². The maximum atomic E-state index is 13.1. The molecule has 0 saturated carbocycles. The Bertz CT molecular complexity index is 1490. The molecule has 0 radical (unpaired) electrons. The van der Waals surface area contributed by atoms with Gasteiger partial charge < -0.3 is 20.1 Å². The summed E-state index contributed by atoms with van der Waals surface area (Å²) in [6, 6.07) is 4.60. The van der Waals surface area contributed by atoms with Crippen LogP contribution in [0.2, 0.25) is 0 Å². The van der Waals surface area contributed by atoms with Crippen LogP contribution < -0.4 is 21.8 Å². The van der Waals surface area contributed by atoms with Crippen LogP contribution in [0.4, 0.5) is 24.8 Å². The van der Waals surface area contributed by atoms with Crippen molar-refractivity contribution in [3.05, 3.63) is 63.0 Å². The first-order valence-electron chi connectivity index (χ1n) is 10.1. The molecule has 1 aromatic carbocycles. The van der Waals surface area contributed by atoms with Crippen molar-refractivity contribution >= 4 is 23.4 Å². The second-order valence-electron chi connectivity index (χ2n) is 6.95. The highest BCUT2D eigenvalue weighted by molar-refractivity contribution is 5.59. The summed E-state index contributed by atoms with van der Waals surface area (Å²) < 4.78 is 45.9. The van der Waals surface area contributed by atoms with Gasteiger partial charge in [0.25, 0.3) is 5.62 Å². The minimum absolute atomic E-state index is 0.0241. The normalized spacial score (nSPS) is 13.2. The number of halogens is 3. The zero-order chi connectivity index (χ0) is 24.3. The van der Waals surface area contributed by atoms with Crippen molar-refractivity contribution in [1.29, 1.82) is 0 Å². The van der Waals surface area contributed by atoms with Gasteiger partial charge in [0.1, 0.15) is 5.69 Å². The summed E-state index contributed by atoms with van der Waals surface area (Å²) in [5.41, 5.74) is -0.844. The third-order valence-corrected chi connectivity index (χ3v) is 4.55. The molecule has 14 heteroatoms. The van der Waals surface area contributed by atoms with Crippen molar-refractivity contribution in [2.45, 2.75) is 13.1 Å². The molecule has 34 heavy (non-hydrogen) atoms. The predicted octanol–water partition coefficient (Wildman–Crippen LogP) is 1.09. The number of rotatable bonds is 7. The summed E-state index contributed by atoms with van der Waals surface area (Å²) in [7, 11) is 0. The third kappa shape index (κ3) is 5.06. The molecule has 4 N–H and O–H groups in total. The summed E-state index contributed by atoms with van der Waals surface area (Å²) >= 11 is 0. The molecule has 0 aliphatic heterocycles. The quantitative estimate of drug-likeness (QED) is 0.292. The standard InChI is InChI=1S/C20H19F3N8O3/c1-2-34-7-6-24-18-30-17(26-13-5-3-4-12(9-13)20(21,22)23)28-15-11(10-25-31(15)18)8-14-16(32)29-19(33)27-14/h3-5,8-10,32H,2,6-7H2,1H3,(H,24,26,30)(H2,27,29,33)/b11-8+. The van der Waals surface area contributed by atoms with Crippen molar-refractivity contribution < 1.29 is 23.0 Å². The number of aromatic amines is 2. The van der Waals surface area contributed by atoms with E-state index in [4.69, 9.17) is 4.74 Å². The molecular weight excluding hydrogens is 457 g/mol. The number of fused-ring (bicyclic) bond motifs is 1. The van der Waals surface area contributed by atoms with Crippen LogP contribution in [0.1, 0.15) is 18.2 Å². The molecule has 3 heterocycles. The van der Waals surface area contributed by atoms with Gasteiger partial charge in [0, 0.05) is 17.5 Å². The number of nitrogens with zero attached hydrogens (tertiary/aromatic N) is 5. The summed E-state index contributed by atoms with van der Waals surface area (Å²) in [6.07, 6.45) is -1.66. The van der Waals surface area contributed by atoms with Gasteiger partial charge in [-0.25, -0.2) is 9.79 Å². The first kappa shape index (κ1) is 23.0. The molecule has 4 aromatic rings. The lowest BCUT2D eigenvalue weighted by molar-refractivity contribution is -0.137. The average molecular weight is 476 g/mol. The smallest absolute Gasteiger partial charge is 0.416 e. The number of anilines is 2. The lowest BCUT2D eigenvalue weighted by atomic mass is 10.2. The molecule has 0 spiro atoms. The number of nitrogens with one attached hydrogen (secondary N) is 3. The topological polar surface area (TPSA) is 146 Å². The SMILES string of the molecule is CCOCCN=c1nc(Nc2cccc(C(F)(F)F)c2)nc2/c(=C/c3[nH]c(=O)[nH]c3O)cnn12. The minimum atomic E-state index is -4.51. The number of H-pyrrole nitrogens is 2. The second-order valence-corrected chi connectivity index (χ2v) is 6.95. The Hall–Kier alpha value is -4.20. The highest BCUT2D eigenvalue weighted by atomic mass is 19.4. The zero-order valence-corrected chi connectivity index (χ0v) is 17.7. The Labute approximate surface area is 188 Å². The predicted molar refractivity (Wildman–Crippen MR) is 114 cm³/mol. The number of imidazole rings is 1. The number of hydrogen-bond acceptors (Lipinski definition) is 8. The van der Waals surface area contributed by atoms with Crippen molar-refractivity contribution in [3.63, 3.8) is 0 Å². The van der Waals surface area contributed by atoms with E-state index in [0.29, 0.717) is 18.4 Å². The van der Waals surface area contributed by atoms with Crippen LogP contribution in [-0.4, -0.2) is 54.4 Å². The highest BCUT2D eigenvalue weighted by Crippen LogP contribution is 2.31. The molecule has 3 aromatic heterocycles. The number of benzene rings is 1. The molecule has 178 valence electrons. The Morgan fingerprint density at radius 2 is 2.12 bits per heavy atom. The van der Waals surface area contributed by atoms with Crippen LogP contribution in [0, 0.1) is 0 Å². The van der Waals surface area contributed by atoms with Gasteiger partial charge in [-0.1, -0.05) is 6.07 Å². The van der Waals surface area contributed by atoms with Gasteiger partial charge in [0.15, 0.2) is 5.65 Å². The monoisotopic (exact) mass is 476 g/mol. The summed E-state index contributed by atoms with van der Waals surface area (Å²) in [6.45, 7) is 2.94. The van der Waals surface area contributed by atoms with Gasteiger partial charge in [-0.3, -0.25) is 4.98 Å². The number of aromatic nitrogens is 6. The molecule has 11 nitrogen and oxygen atoms in total. The highest BCUT2D eigenvalue weighted by Gasteiger charge is 2.30. The Morgan fingerprint density at radius 1 is 1.29 bits per heavy atom. The lowest BCUT2D eigenvalue weighted by Crippen LogP contribution is -2.24. The number of hydrogen-bond donors (Lipinski definition) is 4. The maximum absolute atomic E-state index is 13.1. The Kier molecular flexibility index (Phi) is 6.32. The van der Waals surface area contributed by atoms with E-state index in [1.54, 1.807) is 0 Å². The molecule has 0 unspecified atom stereocenters. The fraction of sp³-hybridized carbons (Fsp3) is 0.250. The van der Waals surface area contributed by atoms with Crippen molar-refractivity contribution in [2.24, 2.45) is 4.99 Å². The Morgan fingerprint density at radius 3 is 2.82 bits per heavy atom. The van der Waals surface area contributed by atoms with E-state index in [1.165, 1.54) is 28.9 Å². The van der Waals surface area contributed by atoms with Gasteiger partial charge in [0.05, 0.1) is 24.9 Å². The van der Waals surface area contributed by atoms with Gasteiger partial charge in [0.2, 0.25) is 11.8 Å². The molecular formula is C20H19F3N8O3. The van der Waals surface area contributed by atoms with Crippen LogP contribution in [0.5, 0.6) is 5.88 Å². The van der Waals surface area contributed by atoms with E-state index in [0.717, 1.165) is 12.1 Å². The van der Waals surface area contributed by atoms with E-state index in [9.17, 15) is 23.1 Å². The molecule has 0 aliphatic rings. The minimum Gasteiger partial charge on any atom is -0.493 e. The van der Waals surface area contributed by atoms with Crippen LogP contribution in [0.25, 0.3) is 11.7 Å². The average Bonchev–Trinajstić information content (AvgIpc) is 3.33. The van der Waals surface area contributed by atoms with E-state index < -0.39 is 17.4 Å². The second kappa shape index (κ2) is 9.35. The van der Waals surface area contributed by atoms with E-state index in [-0.39, 0.29) is 41.0 Å². The molecule has 0 atom stereocenters. The molecule has 4 rings (SSSR count). The van der Waals surface area contributed by atoms with Crippen LogP contribution in [0.15, 0.2) is 40.2 Å². The van der Waals surface area contributed by atoms with Crippen molar-refractivity contribution in [1.82, 2.24) is 29.5 Å². The molecule has 0 saturated heterocycles. The number of alkyl halides is 3. The van der Waals surface area contributed by atoms with Crippen molar-refractivity contribution in [3.8, 4) is 5.88 Å². The Balaban J connectivity index is 1.82. The first-order chi connectivity index (χ1) is 16.2. The van der Waals surface area contributed by atoms with Gasteiger partial charge in [-0.15, -0.1) is 0 Å². The van der Waals surface area contributed by atoms with Gasteiger partial charge >= 0.3 is 11.9 Å².